The predicted octanol–water partition coefficient (Wildman–Crippen LogP) is 2.51. The molecule has 0 aliphatic carbocycles. The first-order chi connectivity index (χ1) is 8.15. The molecule has 0 saturated carbocycles. The summed E-state index contributed by atoms with van der Waals surface area (Å²) in [4.78, 5) is 0. The summed E-state index contributed by atoms with van der Waals surface area (Å²) in [5.41, 5.74) is 4.23. The maximum absolute atomic E-state index is 5.56. The van der Waals surface area contributed by atoms with Gasteiger partial charge in [0, 0.05) is 6.04 Å². The second-order valence-corrected chi connectivity index (χ2v) is 4.88. The third kappa shape index (κ3) is 5.20. The summed E-state index contributed by atoms with van der Waals surface area (Å²) in [5, 5.41) is 0. The molecule has 1 atom stereocenters. The lowest BCUT2D eigenvalue weighted by atomic mass is 9.98. The molecule has 0 saturated heterocycles. The molecule has 0 amide bonds. The number of aryl methyl sites for hydroxylation is 1. The summed E-state index contributed by atoms with van der Waals surface area (Å²) < 4.78 is 5.14. The molecule has 1 rings (SSSR count). The zero-order chi connectivity index (χ0) is 12.7. The molecule has 1 unspecified atom stereocenters. The Morgan fingerprint density at radius 1 is 1.24 bits per heavy atom. The molecule has 0 fully saturated rings. The van der Waals surface area contributed by atoms with Crippen LogP contribution < -0.4 is 16.0 Å². The lowest BCUT2D eigenvalue weighted by Gasteiger charge is -2.17. The normalized spacial score (nSPS) is 12.8. The lowest BCUT2D eigenvalue weighted by Crippen LogP contribution is -2.36. The van der Waals surface area contributed by atoms with E-state index in [4.69, 9.17) is 10.6 Å². The number of nitrogens with two attached hydrogens (primary N) is 1. The molecule has 0 heterocycles. The monoisotopic (exact) mass is 236 g/mol. The number of nitrogens with one attached hydrogen (secondary N) is 1. The molecule has 3 N–H and O–H groups in total. The van der Waals surface area contributed by atoms with E-state index in [-0.39, 0.29) is 0 Å². The lowest BCUT2D eigenvalue weighted by molar-refractivity contribution is 0.404. The maximum atomic E-state index is 5.56. The van der Waals surface area contributed by atoms with Gasteiger partial charge in [0.1, 0.15) is 5.75 Å². The highest BCUT2D eigenvalue weighted by atomic mass is 16.5. The molecule has 96 valence electrons. The number of ether oxygens (including phenoxy) is 1. The third-order valence-electron chi connectivity index (χ3n) is 2.93. The molecule has 1 aromatic rings. The summed E-state index contributed by atoms with van der Waals surface area (Å²) >= 11 is 0. The molecule has 0 bridgehead atoms. The SMILES string of the molecule is COc1ccc(CCC(CC(C)C)NN)cc1. The van der Waals surface area contributed by atoms with E-state index in [0.29, 0.717) is 12.0 Å². The fraction of sp³-hybridized carbons (Fsp3) is 0.571. The highest BCUT2D eigenvalue weighted by Crippen LogP contribution is 2.15. The molecular weight excluding hydrogens is 212 g/mol. The van der Waals surface area contributed by atoms with Crippen molar-refractivity contribution in [1.82, 2.24) is 5.43 Å². The Balaban J connectivity index is 2.42. The molecule has 0 aromatic heterocycles. The Morgan fingerprint density at radius 2 is 1.88 bits per heavy atom. The zero-order valence-corrected chi connectivity index (χ0v) is 11.1. The topological polar surface area (TPSA) is 47.3 Å². The molecular formula is C14H24N2O. The number of benzene rings is 1. The van der Waals surface area contributed by atoms with Crippen LogP contribution in [-0.2, 0) is 6.42 Å². The first-order valence-corrected chi connectivity index (χ1v) is 6.24. The van der Waals surface area contributed by atoms with Gasteiger partial charge in [0.25, 0.3) is 0 Å². The number of rotatable bonds is 7. The Hall–Kier alpha value is -1.06. The minimum atomic E-state index is 0.400. The standard InChI is InChI=1S/C14H24N2O/c1-11(2)10-13(16-15)7-4-12-5-8-14(17-3)9-6-12/h5-6,8-9,11,13,16H,4,7,10,15H2,1-3H3. The highest BCUT2D eigenvalue weighted by Gasteiger charge is 2.08. The van der Waals surface area contributed by atoms with Crippen LogP contribution in [0, 0.1) is 5.92 Å². The van der Waals surface area contributed by atoms with E-state index < -0.39 is 0 Å². The van der Waals surface area contributed by atoms with Gasteiger partial charge in [0.15, 0.2) is 0 Å². The van der Waals surface area contributed by atoms with Gasteiger partial charge in [0.05, 0.1) is 7.11 Å². The Labute approximate surface area is 104 Å². The van der Waals surface area contributed by atoms with Crippen molar-refractivity contribution in [2.45, 2.75) is 39.2 Å². The molecule has 3 nitrogen and oxygen atoms in total. The van der Waals surface area contributed by atoms with Crippen molar-refractivity contribution in [2.75, 3.05) is 7.11 Å². The van der Waals surface area contributed by atoms with Crippen LogP contribution in [0.15, 0.2) is 24.3 Å². The van der Waals surface area contributed by atoms with Gasteiger partial charge >= 0.3 is 0 Å². The minimum Gasteiger partial charge on any atom is -0.497 e. The van der Waals surface area contributed by atoms with Crippen LogP contribution in [0.1, 0.15) is 32.3 Å². The smallest absolute Gasteiger partial charge is 0.118 e. The van der Waals surface area contributed by atoms with Crippen LogP contribution in [0.4, 0.5) is 0 Å². The molecule has 0 radical (unpaired) electrons. The van der Waals surface area contributed by atoms with E-state index in [0.717, 1.165) is 25.0 Å². The van der Waals surface area contributed by atoms with E-state index in [2.05, 4.69) is 31.4 Å². The third-order valence-corrected chi connectivity index (χ3v) is 2.93. The van der Waals surface area contributed by atoms with Crippen LogP contribution in [0.25, 0.3) is 0 Å². The van der Waals surface area contributed by atoms with Crippen LogP contribution in [0.2, 0.25) is 0 Å². The number of methoxy groups -OCH3 is 1. The minimum absolute atomic E-state index is 0.400. The molecule has 0 aliphatic heterocycles. The van der Waals surface area contributed by atoms with Crippen molar-refractivity contribution in [3.8, 4) is 5.75 Å². The molecule has 0 aliphatic rings. The van der Waals surface area contributed by atoms with Crippen molar-refractivity contribution in [1.29, 1.82) is 0 Å². The van der Waals surface area contributed by atoms with E-state index in [1.54, 1.807) is 7.11 Å². The van der Waals surface area contributed by atoms with Gasteiger partial charge < -0.3 is 4.74 Å². The quantitative estimate of drug-likeness (QED) is 0.565. The van der Waals surface area contributed by atoms with Crippen molar-refractivity contribution in [2.24, 2.45) is 11.8 Å². The van der Waals surface area contributed by atoms with Gasteiger partial charge in [-0.05, 0) is 42.9 Å². The van der Waals surface area contributed by atoms with Crippen LogP contribution in [0.5, 0.6) is 5.75 Å². The van der Waals surface area contributed by atoms with Crippen molar-refractivity contribution < 1.29 is 4.74 Å². The number of hydrazine groups is 1. The van der Waals surface area contributed by atoms with Gasteiger partial charge in [-0.15, -0.1) is 0 Å². The fourth-order valence-corrected chi connectivity index (χ4v) is 1.97. The summed E-state index contributed by atoms with van der Waals surface area (Å²) in [6, 6.07) is 8.63. The van der Waals surface area contributed by atoms with Crippen molar-refractivity contribution in [3.63, 3.8) is 0 Å². The van der Waals surface area contributed by atoms with E-state index >= 15 is 0 Å². The van der Waals surface area contributed by atoms with E-state index in [1.165, 1.54) is 5.56 Å². The van der Waals surface area contributed by atoms with Gasteiger partial charge in [-0.3, -0.25) is 11.3 Å². The molecule has 0 spiro atoms. The zero-order valence-electron chi connectivity index (χ0n) is 11.1. The summed E-state index contributed by atoms with van der Waals surface area (Å²) in [5.74, 6) is 7.14. The Kier molecular flexibility index (Phi) is 6.01. The Bertz CT molecular complexity index is 309. The van der Waals surface area contributed by atoms with Gasteiger partial charge in [-0.25, -0.2) is 0 Å². The Morgan fingerprint density at radius 3 is 2.35 bits per heavy atom. The van der Waals surface area contributed by atoms with Crippen LogP contribution >= 0.6 is 0 Å². The van der Waals surface area contributed by atoms with Gasteiger partial charge in [-0.1, -0.05) is 26.0 Å². The molecule has 1 aromatic carbocycles. The maximum Gasteiger partial charge on any atom is 0.118 e. The summed E-state index contributed by atoms with van der Waals surface area (Å²) in [7, 11) is 1.69. The van der Waals surface area contributed by atoms with Crippen LogP contribution in [0.3, 0.4) is 0 Å². The summed E-state index contributed by atoms with van der Waals surface area (Å²) in [6.07, 6.45) is 3.24. The van der Waals surface area contributed by atoms with Gasteiger partial charge in [-0.2, -0.15) is 0 Å². The second kappa shape index (κ2) is 7.30. The predicted molar refractivity (Wildman–Crippen MR) is 71.9 cm³/mol. The average molecular weight is 236 g/mol. The van der Waals surface area contributed by atoms with Gasteiger partial charge in [0.2, 0.25) is 0 Å². The van der Waals surface area contributed by atoms with E-state index in [1.807, 2.05) is 12.1 Å². The first kappa shape index (κ1) is 14.0. The fourth-order valence-electron chi connectivity index (χ4n) is 1.97. The first-order valence-electron chi connectivity index (χ1n) is 6.24. The van der Waals surface area contributed by atoms with E-state index in [9.17, 15) is 0 Å². The molecule has 3 heteroatoms. The van der Waals surface area contributed by atoms with Crippen LogP contribution in [-0.4, -0.2) is 13.2 Å². The highest BCUT2D eigenvalue weighted by molar-refractivity contribution is 5.27. The summed E-state index contributed by atoms with van der Waals surface area (Å²) in [6.45, 7) is 4.44. The number of hydrogen-bond acceptors (Lipinski definition) is 3. The largest absolute Gasteiger partial charge is 0.497 e. The average Bonchev–Trinajstić information content (AvgIpc) is 2.34. The number of hydrogen-bond donors (Lipinski definition) is 2. The van der Waals surface area contributed by atoms with Crippen molar-refractivity contribution in [3.05, 3.63) is 29.8 Å². The van der Waals surface area contributed by atoms with Crippen molar-refractivity contribution >= 4 is 0 Å². The molecule has 17 heavy (non-hydrogen) atoms. The second-order valence-electron chi connectivity index (χ2n) is 4.88.